The molecule has 0 saturated heterocycles. The minimum atomic E-state index is 1.11. The van der Waals surface area contributed by atoms with E-state index in [4.69, 9.17) is 0 Å². The summed E-state index contributed by atoms with van der Waals surface area (Å²) in [5, 5.41) is 2.89. The second-order valence-electron chi connectivity index (χ2n) is 0.901. The molecule has 0 spiro atoms. The number of rotatable bonds is 2. The van der Waals surface area contributed by atoms with E-state index in [9.17, 15) is 0 Å². The van der Waals surface area contributed by atoms with Crippen LogP contribution in [-0.4, -0.2) is 7.05 Å². The van der Waals surface area contributed by atoms with Crippen LogP contribution in [0.25, 0.3) is 0 Å². The van der Waals surface area contributed by atoms with Crippen LogP contribution in [0.5, 0.6) is 0 Å². The summed E-state index contributed by atoms with van der Waals surface area (Å²) in [5.41, 5.74) is 0. The van der Waals surface area contributed by atoms with E-state index in [1.165, 1.54) is 0 Å². The van der Waals surface area contributed by atoms with Gasteiger partial charge in [0.2, 0.25) is 0 Å². The highest BCUT2D eigenvalue weighted by molar-refractivity contribution is 4.49. The lowest BCUT2D eigenvalue weighted by molar-refractivity contribution is 0.892. The first-order chi connectivity index (χ1) is 2.41. The number of nitrogens with one attached hydrogen (secondary N) is 1. The molecular formula is C4H10N. The molecule has 1 N–H and O–H groups in total. The molecule has 0 rings (SSSR count). The van der Waals surface area contributed by atoms with Crippen LogP contribution in [0.15, 0.2) is 0 Å². The van der Waals surface area contributed by atoms with Crippen molar-refractivity contribution < 1.29 is 0 Å². The summed E-state index contributed by atoms with van der Waals surface area (Å²) in [6.07, 6.45) is 1.11. The highest BCUT2D eigenvalue weighted by Crippen LogP contribution is 1.70. The van der Waals surface area contributed by atoms with Crippen molar-refractivity contribution in [2.45, 2.75) is 13.3 Å². The molecule has 1 radical (unpaired) electrons. The molecule has 0 atom stereocenters. The van der Waals surface area contributed by atoms with Crippen molar-refractivity contribution in [3.05, 3.63) is 6.54 Å². The summed E-state index contributed by atoms with van der Waals surface area (Å²) in [7, 11) is 1.91. The van der Waals surface area contributed by atoms with Gasteiger partial charge in [-0.3, -0.25) is 0 Å². The maximum Gasteiger partial charge on any atom is 0.0215 e. The van der Waals surface area contributed by atoms with Crippen LogP contribution in [0.3, 0.4) is 0 Å². The molecule has 5 heavy (non-hydrogen) atoms. The third-order valence-corrected chi connectivity index (χ3v) is 0.408. The largest absolute Gasteiger partial charge is 0.315 e. The van der Waals surface area contributed by atoms with Crippen molar-refractivity contribution in [2.24, 2.45) is 0 Å². The van der Waals surface area contributed by atoms with Gasteiger partial charge in [0.1, 0.15) is 0 Å². The summed E-state index contributed by atoms with van der Waals surface area (Å²) in [5.74, 6) is 0. The van der Waals surface area contributed by atoms with Crippen LogP contribution in [0, 0.1) is 6.54 Å². The summed E-state index contributed by atoms with van der Waals surface area (Å²) < 4.78 is 0. The first-order valence-electron chi connectivity index (χ1n) is 1.90. The average Bonchev–Trinajstić information content (AvgIpc) is 1.41. The Balaban J connectivity index is 2.19. The molecule has 0 amide bonds. The Morgan fingerprint density at radius 3 is 2.40 bits per heavy atom. The SMILES string of the molecule is CC[CH]NC. The van der Waals surface area contributed by atoms with Crippen LogP contribution in [0.1, 0.15) is 13.3 Å². The molecule has 1 heteroatoms. The van der Waals surface area contributed by atoms with Crippen LogP contribution in [0.4, 0.5) is 0 Å². The van der Waals surface area contributed by atoms with Crippen LogP contribution in [0.2, 0.25) is 0 Å². The van der Waals surface area contributed by atoms with Gasteiger partial charge in [0, 0.05) is 6.54 Å². The highest BCUT2D eigenvalue weighted by Gasteiger charge is 1.65. The van der Waals surface area contributed by atoms with Crippen molar-refractivity contribution in [3.63, 3.8) is 0 Å². The summed E-state index contributed by atoms with van der Waals surface area (Å²) >= 11 is 0. The van der Waals surface area contributed by atoms with Crippen LogP contribution < -0.4 is 5.32 Å². The molecule has 0 bridgehead atoms. The van der Waals surface area contributed by atoms with E-state index < -0.39 is 0 Å². The van der Waals surface area contributed by atoms with Crippen molar-refractivity contribution >= 4 is 0 Å². The molecule has 0 aromatic heterocycles. The fourth-order valence-corrected chi connectivity index (χ4v) is 0.204. The van der Waals surface area contributed by atoms with Gasteiger partial charge in [-0.15, -0.1) is 0 Å². The maximum absolute atomic E-state index is 2.89. The smallest absolute Gasteiger partial charge is 0.0215 e. The average molecular weight is 72.1 g/mol. The molecule has 0 saturated carbocycles. The zero-order chi connectivity index (χ0) is 4.12. The minimum absolute atomic E-state index is 1.11. The lowest BCUT2D eigenvalue weighted by atomic mass is 10.5. The van der Waals surface area contributed by atoms with E-state index in [1.807, 2.05) is 13.6 Å². The fraction of sp³-hybridized carbons (Fsp3) is 0.750. The Kier molecular flexibility index (Phi) is 3.93. The van der Waals surface area contributed by atoms with Crippen molar-refractivity contribution in [3.8, 4) is 0 Å². The molecule has 0 aliphatic carbocycles. The molecule has 0 unspecified atom stereocenters. The van der Waals surface area contributed by atoms with Crippen molar-refractivity contribution in [1.29, 1.82) is 0 Å². The van der Waals surface area contributed by atoms with Gasteiger partial charge in [-0.2, -0.15) is 0 Å². The van der Waals surface area contributed by atoms with E-state index in [0.717, 1.165) is 6.42 Å². The summed E-state index contributed by atoms with van der Waals surface area (Å²) in [4.78, 5) is 0. The van der Waals surface area contributed by atoms with E-state index in [-0.39, 0.29) is 0 Å². The monoisotopic (exact) mass is 72.1 g/mol. The predicted octanol–water partition coefficient (Wildman–Crippen LogP) is 0.778. The van der Waals surface area contributed by atoms with Gasteiger partial charge < -0.3 is 5.32 Å². The van der Waals surface area contributed by atoms with Gasteiger partial charge in [0.05, 0.1) is 0 Å². The van der Waals surface area contributed by atoms with Crippen molar-refractivity contribution in [2.75, 3.05) is 7.05 Å². The highest BCUT2D eigenvalue weighted by atomic mass is 14.8. The normalized spacial score (nSPS) is 8.40. The van der Waals surface area contributed by atoms with Gasteiger partial charge in [-0.1, -0.05) is 6.92 Å². The van der Waals surface area contributed by atoms with Crippen LogP contribution >= 0.6 is 0 Å². The zero-order valence-electron chi connectivity index (χ0n) is 3.78. The Morgan fingerprint density at radius 2 is 2.40 bits per heavy atom. The number of hydrogen-bond acceptors (Lipinski definition) is 1. The Morgan fingerprint density at radius 1 is 1.80 bits per heavy atom. The first kappa shape index (κ1) is 4.96. The van der Waals surface area contributed by atoms with E-state index in [0.29, 0.717) is 0 Å². The zero-order valence-corrected chi connectivity index (χ0v) is 3.78. The molecule has 0 aliphatic rings. The van der Waals surface area contributed by atoms with Crippen molar-refractivity contribution in [1.82, 2.24) is 5.32 Å². The van der Waals surface area contributed by atoms with Crippen LogP contribution in [-0.2, 0) is 0 Å². The predicted molar refractivity (Wildman–Crippen MR) is 23.7 cm³/mol. The second-order valence-corrected chi connectivity index (χ2v) is 0.901. The molecule has 0 aliphatic heterocycles. The first-order valence-corrected chi connectivity index (χ1v) is 1.90. The topological polar surface area (TPSA) is 12.0 Å². The Labute approximate surface area is 33.4 Å². The molecule has 0 aromatic rings. The molecule has 0 heterocycles. The molecule has 0 aromatic carbocycles. The summed E-state index contributed by atoms with van der Waals surface area (Å²) in [6, 6.07) is 0. The maximum atomic E-state index is 2.89. The van der Waals surface area contributed by atoms with Gasteiger partial charge in [0.25, 0.3) is 0 Å². The van der Waals surface area contributed by atoms with Gasteiger partial charge in [-0.05, 0) is 13.5 Å². The Bertz CT molecular complexity index is 11.1. The summed E-state index contributed by atoms with van der Waals surface area (Å²) in [6.45, 7) is 4.09. The molecular weight excluding hydrogens is 62.1 g/mol. The van der Waals surface area contributed by atoms with Gasteiger partial charge in [-0.25, -0.2) is 0 Å². The van der Waals surface area contributed by atoms with E-state index in [2.05, 4.69) is 12.2 Å². The molecule has 31 valence electrons. The minimum Gasteiger partial charge on any atom is -0.315 e. The molecule has 1 nitrogen and oxygen atoms in total. The number of hydrogen-bond donors (Lipinski definition) is 1. The standard InChI is InChI=1S/C4H10N/c1-3-4-5-2/h4-5H,3H2,1-2H3. The fourth-order valence-electron chi connectivity index (χ4n) is 0.204. The quantitative estimate of drug-likeness (QED) is 0.508. The van der Waals surface area contributed by atoms with E-state index in [1.54, 1.807) is 0 Å². The third-order valence-electron chi connectivity index (χ3n) is 0.408. The third kappa shape index (κ3) is 3.96. The van der Waals surface area contributed by atoms with Gasteiger partial charge >= 0.3 is 0 Å². The van der Waals surface area contributed by atoms with E-state index >= 15 is 0 Å². The lowest BCUT2D eigenvalue weighted by Gasteiger charge is -1.83. The lowest BCUT2D eigenvalue weighted by Crippen LogP contribution is -1.97. The Hall–Kier alpha value is -0.0400. The second kappa shape index (κ2) is 3.96. The van der Waals surface area contributed by atoms with Gasteiger partial charge in [0.15, 0.2) is 0 Å². The molecule has 0 fully saturated rings.